The number of nitrogens with zero attached hydrogens (tertiary/aromatic N) is 9. The average molecular weight is 1830 g/mol. The highest BCUT2D eigenvalue weighted by molar-refractivity contribution is 6.17. The molecule has 3 aliphatic carbocycles. The molecule has 0 saturated carbocycles. The number of benzene rings is 21. The molecule has 6 aromatic heterocycles. The molecule has 33 rings (SSSR count). The summed E-state index contributed by atoms with van der Waals surface area (Å²) in [6.45, 7) is 0. The van der Waals surface area contributed by atoms with Crippen molar-refractivity contribution in [2.75, 3.05) is 0 Å². The molecule has 0 radical (unpaired) electrons. The normalized spacial score (nSPS) is 14.2. The highest BCUT2D eigenvalue weighted by Gasteiger charge is 2.55. The van der Waals surface area contributed by atoms with Gasteiger partial charge in [0.1, 0.15) is 0 Å². The predicted octanol–water partition coefficient (Wildman–Crippen LogP) is 32.2. The standard InChI is InChI=1S/3C45H27N3/c1-2-13-28(14-3-1)42-34-18-6-10-23-39(34)46-44(47-42)29-25-26-37-41(27-29)48-40-24-11-7-17-32(40)33-19-12-22-38(43(33)48)45(37)35-20-8-4-15-30(35)31-16-5-9-21-36(31)45;1-2-13-28(14-3-1)42-34-18-6-10-23-39(34)46-44(47-42)29-25-26-41-38(27-29)45(35-20-8-4-15-30(35)31-16-5-9-21-36(31)45)37-22-12-19-33-32-17-7-11-24-40(32)48(41)43(33)37;1-2-13-28(14-3-1)42-34-17-5-9-22-39(34)46-44(47-42)29-25-26-31-30-15-4-7-19-35(30)45(38(31)27-29)36-20-8-11-24-41(36)48-40-23-10-6-16-32(40)33-18-12-21-37(45)43(33)48/h3*1-27H. The molecule has 144 heavy (non-hydrogen) atoms. The topological polar surface area (TPSA) is 92.1 Å². The third-order valence-electron chi connectivity index (χ3n) is 31.8. The lowest BCUT2D eigenvalue weighted by atomic mass is 9.65. The van der Waals surface area contributed by atoms with Crippen molar-refractivity contribution in [1.29, 1.82) is 0 Å². The molecule has 666 valence electrons. The van der Waals surface area contributed by atoms with Crippen molar-refractivity contribution in [2.45, 2.75) is 16.2 Å². The molecule has 0 fully saturated rings. The Balaban J connectivity index is 0.0000000986. The fourth-order valence-electron chi connectivity index (χ4n) is 26.2. The molecule has 0 N–H and O–H groups in total. The first-order valence-corrected chi connectivity index (χ1v) is 49.6. The van der Waals surface area contributed by atoms with Crippen LogP contribution in [0, 0.1) is 0 Å². The van der Waals surface area contributed by atoms with Gasteiger partial charge in [-0.2, -0.15) is 0 Å². The van der Waals surface area contributed by atoms with Gasteiger partial charge in [-0.25, -0.2) is 29.9 Å². The molecule has 9 heterocycles. The molecule has 1 atom stereocenters. The molecule has 6 aliphatic rings. The first-order valence-electron chi connectivity index (χ1n) is 49.6. The Morgan fingerprint density at radius 2 is 0.410 bits per heavy atom. The number of hydrogen-bond donors (Lipinski definition) is 0. The second-order valence-electron chi connectivity index (χ2n) is 38.7. The fraction of sp³-hybridized carbons (Fsp3) is 0.0222. The molecular formula is C135H81N9. The maximum absolute atomic E-state index is 5.30. The molecule has 3 aliphatic heterocycles. The van der Waals surface area contributed by atoms with Crippen molar-refractivity contribution < 1.29 is 0 Å². The van der Waals surface area contributed by atoms with Crippen LogP contribution in [-0.2, 0) is 16.2 Å². The number of aromatic nitrogens is 9. The maximum Gasteiger partial charge on any atom is 0.160 e. The van der Waals surface area contributed by atoms with E-state index >= 15 is 0 Å². The van der Waals surface area contributed by atoms with Crippen molar-refractivity contribution in [3.05, 3.63) is 558 Å². The van der Waals surface area contributed by atoms with Crippen molar-refractivity contribution in [2.24, 2.45) is 0 Å². The molecule has 9 nitrogen and oxygen atoms in total. The van der Waals surface area contributed by atoms with Gasteiger partial charge in [-0.3, -0.25) is 0 Å². The van der Waals surface area contributed by atoms with Crippen molar-refractivity contribution in [3.63, 3.8) is 0 Å². The Hall–Kier alpha value is -19.0. The minimum Gasteiger partial charge on any atom is -0.309 e. The average Bonchev–Trinajstić information content (AvgIpc) is 1.35. The zero-order valence-corrected chi connectivity index (χ0v) is 77.8. The monoisotopic (exact) mass is 1830 g/mol. The third kappa shape index (κ3) is 10.9. The molecule has 0 bridgehead atoms. The van der Waals surface area contributed by atoms with Gasteiger partial charge in [0.25, 0.3) is 0 Å². The number of rotatable bonds is 6. The van der Waals surface area contributed by atoms with Crippen LogP contribution in [0.15, 0.2) is 491 Å². The Kier molecular flexibility index (Phi) is 17.0. The number of fused-ring (bicyclic) bond motifs is 39. The van der Waals surface area contributed by atoms with Crippen LogP contribution in [0.2, 0.25) is 0 Å². The molecule has 9 heteroatoms. The molecule has 0 amide bonds. The van der Waals surface area contributed by atoms with Gasteiger partial charge < -0.3 is 13.7 Å². The number of hydrogen-bond acceptors (Lipinski definition) is 6. The summed E-state index contributed by atoms with van der Waals surface area (Å²) >= 11 is 0. The Labute approximate surface area is 828 Å². The predicted molar refractivity (Wildman–Crippen MR) is 587 cm³/mol. The Morgan fingerprint density at radius 1 is 0.146 bits per heavy atom. The molecular weight excluding hydrogens is 1750 g/mol. The summed E-state index contributed by atoms with van der Waals surface area (Å²) in [4.78, 5) is 31.4. The van der Waals surface area contributed by atoms with Crippen LogP contribution in [0.1, 0.15) is 66.8 Å². The first-order chi connectivity index (χ1) is 71.5. The fourth-order valence-corrected chi connectivity index (χ4v) is 26.2. The van der Waals surface area contributed by atoms with Crippen molar-refractivity contribution in [1.82, 2.24) is 43.6 Å². The summed E-state index contributed by atoms with van der Waals surface area (Å²) < 4.78 is 7.47. The summed E-state index contributed by atoms with van der Waals surface area (Å²) in [7, 11) is 0. The smallest absolute Gasteiger partial charge is 0.160 e. The highest BCUT2D eigenvalue weighted by atomic mass is 15.0. The van der Waals surface area contributed by atoms with Gasteiger partial charge >= 0.3 is 0 Å². The van der Waals surface area contributed by atoms with Gasteiger partial charge in [0.05, 0.1) is 100 Å². The van der Waals surface area contributed by atoms with E-state index in [9.17, 15) is 0 Å². The van der Waals surface area contributed by atoms with Crippen molar-refractivity contribution in [3.8, 4) is 118 Å². The van der Waals surface area contributed by atoms with E-state index in [0.717, 1.165) is 101 Å². The SMILES string of the molecule is c1ccc(-c2nc(-c3ccc4c(c3)-n3c5ccccc5c5cccc(c53)C43c4ccccc4-c4ccccc43)nc3ccccc23)cc1.c1ccc(-c2nc(-c3ccc4c(c3)C3(c5ccccc5-4)c4ccccc4-n4c5ccccc5c5cccc3c54)nc3ccccc23)cc1.c1ccc(-c2nc(-c3ccc4c(c3)C3(c5ccccc5-c5ccccc53)c3cccc5c6ccccc6n-4c35)nc3ccccc23)cc1. The quantitative estimate of drug-likeness (QED) is 0.165. The highest BCUT2D eigenvalue weighted by Crippen LogP contribution is 2.66. The van der Waals surface area contributed by atoms with Gasteiger partial charge in [0, 0.05) is 81.9 Å². The first kappa shape index (κ1) is 80.0. The lowest BCUT2D eigenvalue weighted by molar-refractivity contribution is 0.748. The Morgan fingerprint density at radius 3 is 0.812 bits per heavy atom. The van der Waals surface area contributed by atoms with Crippen LogP contribution in [0.3, 0.4) is 0 Å². The summed E-state index contributed by atoms with van der Waals surface area (Å²) in [5.41, 5.74) is 44.9. The molecule has 3 spiro atoms. The lowest BCUT2D eigenvalue weighted by Gasteiger charge is -2.39. The van der Waals surface area contributed by atoms with E-state index in [2.05, 4.69) is 487 Å². The largest absolute Gasteiger partial charge is 0.309 e. The number of para-hydroxylation sites is 10. The van der Waals surface area contributed by atoms with Crippen molar-refractivity contribution >= 4 is 98.1 Å². The lowest BCUT2D eigenvalue weighted by Crippen LogP contribution is -2.33. The van der Waals surface area contributed by atoms with Gasteiger partial charge in [0.15, 0.2) is 17.5 Å². The van der Waals surface area contributed by atoms with Crippen LogP contribution in [0.4, 0.5) is 0 Å². The van der Waals surface area contributed by atoms with Gasteiger partial charge in [0.2, 0.25) is 0 Å². The minimum atomic E-state index is -0.512. The maximum atomic E-state index is 5.30. The van der Waals surface area contributed by atoms with E-state index in [1.54, 1.807) is 0 Å². The van der Waals surface area contributed by atoms with E-state index in [-0.39, 0.29) is 0 Å². The van der Waals surface area contributed by atoms with Gasteiger partial charge in [-0.1, -0.05) is 419 Å². The molecule has 27 aromatic rings. The van der Waals surface area contributed by atoms with Crippen LogP contribution in [-0.4, -0.2) is 43.6 Å². The van der Waals surface area contributed by atoms with Crippen LogP contribution in [0.25, 0.3) is 217 Å². The molecule has 1 unspecified atom stereocenters. The molecule has 21 aromatic carbocycles. The summed E-state index contributed by atoms with van der Waals surface area (Å²) in [6, 6.07) is 178. The van der Waals surface area contributed by atoms with Crippen LogP contribution < -0.4 is 0 Å². The van der Waals surface area contributed by atoms with Crippen LogP contribution in [0.5, 0.6) is 0 Å². The van der Waals surface area contributed by atoms with E-state index < -0.39 is 16.2 Å². The van der Waals surface area contributed by atoms with E-state index in [1.165, 1.54) is 183 Å². The van der Waals surface area contributed by atoms with Crippen LogP contribution >= 0.6 is 0 Å². The zero-order chi connectivity index (χ0) is 94.2. The second-order valence-corrected chi connectivity index (χ2v) is 38.7. The van der Waals surface area contributed by atoms with Gasteiger partial charge in [-0.15, -0.1) is 0 Å². The van der Waals surface area contributed by atoms with Gasteiger partial charge in [-0.05, 0) is 173 Å². The zero-order valence-electron chi connectivity index (χ0n) is 77.8. The second kappa shape index (κ2) is 30.5. The summed E-state index contributed by atoms with van der Waals surface area (Å²) in [5, 5.41) is 10.8. The third-order valence-corrected chi connectivity index (χ3v) is 31.8. The van der Waals surface area contributed by atoms with E-state index in [1.807, 2.05) is 18.2 Å². The molecule has 0 saturated heterocycles. The summed E-state index contributed by atoms with van der Waals surface area (Å²) in [6.07, 6.45) is 0. The summed E-state index contributed by atoms with van der Waals surface area (Å²) in [5.74, 6) is 2.19. The van der Waals surface area contributed by atoms with E-state index in [0.29, 0.717) is 0 Å². The Bertz CT molecular complexity index is 10100. The van der Waals surface area contributed by atoms with E-state index in [4.69, 9.17) is 29.9 Å². The minimum absolute atomic E-state index is 0.468.